The van der Waals surface area contributed by atoms with Gasteiger partial charge in [0.05, 0.1) is 26.4 Å². The molecular weight excluding hydrogens is 343 g/mol. The summed E-state index contributed by atoms with van der Waals surface area (Å²) in [7, 11) is -2.41. The molecule has 0 N–H and O–H groups in total. The maximum Gasteiger partial charge on any atom is 0.462 e. The van der Waals surface area contributed by atoms with Crippen LogP contribution in [0.15, 0.2) is 18.2 Å². The Balaban J connectivity index is 3.70. The van der Waals surface area contributed by atoms with Crippen LogP contribution in [0.1, 0.15) is 34.6 Å². The first-order valence-corrected chi connectivity index (χ1v) is 9.57. The lowest BCUT2D eigenvalue weighted by atomic mass is 10.2. The Kier molecular flexibility index (Phi) is 8.42. The Morgan fingerprint density at radius 1 is 0.920 bits per heavy atom. The van der Waals surface area contributed by atoms with Crippen LogP contribution in [0.5, 0.6) is 23.0 Å². The fourth-order valence-corrected chi connectivity index (χ4v) is 3.27. The normalized spacial score (nSPS) is 10.8. The van der Waals surface area contributed by atoms with E-state index in [0.717, 1.165) is 0 Å². The summed E-state index contributed by atoms with van der Waals surface area (Å²) >= 11 is 0. The minimum absolute atomic E-state index is 0.216. The second-order valence-electron chi connectivity index (χ2n) is 4.99. The zero-order valence-corrected chi connectivity index (χ0v) is 16.4. The van der Waals surface area contributed by atoms with Crippen LogP contribution in [-0.4, -0.2) is 32.0 Å². The van der Waals surface area contributed by atoms with Gasteiger partial charge in [0.2, 0.25) is 22.6 Å². The molecule has 0 aliphatic rings. The first-order chi connectivity index (χ1) is 11.9. The van der Waals surface area contributed by atoms with Gasteiger partial charge < -0.3 is 18.9 Å². The van der Waals surface area contributed by atoms with Gasteiger partial charge in [-0.25, -0.2) is 4.79 Å². The molecule has 7 heteroatoms. The highest BCUT2D eigenvalue weighted by Gasteiger charge is 2.39. The van der Waals surface area contributed by atoms with Crippen molar-refractivity contribution in [2.45, 2.75) is 34.6 Å². The van der Waals surface area contributed by atoms with Gasteiger partial charge in [-0.05, 0) is 34.6 Å². The first kappa shape index (κ1) is 21.0. The van der Waals surface area contributed by atoms with E-state index < -0.39 is 13.3 Å². The van der Waals surface area contributed by atoms with E-state index in [1.54, 1.807) is 6.92 Å². The summed E-state index contributed by atoms with van der Waals surface area (Å²) in [6.45, 7) is 13.8. The average molecular weight is 369 g/mol. The molecule has 0 radical (unpaired) electrons. The third-order valence-corrected chi connectivity index (χ3v) is 4.59. The molecule has 138 valence electrons. The number of hydrogen-bond acceptors (Lipinski definition) is 6. The molecule has 0 heterocycles. The lowest BCUT2D eigenvalue weighted by Gasteiger charge is -2.18. The summed E-state index contributed by atoms with van der Waals surface area (Å²) < 4.78 is 35.4. The summed E-state index contributed by atoms with van der Waals surface area (Å²) in [5, 5.41) is 0.222. The number of hydrogen-bond donors (Lipinski definition) is 0. The maximum atomic E-state index is 12.8. The molecule has 0 saturated carbocycles. The predicted octanol–water partition coefficient (Wildman–Crippen LogP) is 3.84. The molecule has 6 nitrogen and oxygen atoms in total. The molecule has 0 aliphatic heterocycles. The fraction of sp³-hybridized carbons (Fsp3) is 0.500. The van der Waals surface area contributed by atoms with Crippen molar-refractivity contribution in [1.82, 2.24) is 0 Å². The molecule has 0 aromatic heterocycles. The van der Waals surface area contributed by atoms with Gasteiger partial charge in [0.1, 0.15) is 0 Å². The van der Waals surface area contributed by atoms with Gasteiger partial charge in [-0.15, -0.1) is 0 Å². The van der Waals surface area contributed by atoms with Crippen LogP contribution in [0.2, 0.25) is 0 Å². The second-order valence-corrected chi connectivity index (χ2v) is 6.47. The zero-order chi connectivity index (χ0) is 19.0. The Labute approximate surface area is 149 Å². The maximum absolute atomic E-state index is 12.8. The lowest BCUT2D eigenvalue weighted by molar-refractivity contribution is -0.108. The van der Waals surface area contributed by atoms with Crippen molar-refractivity contribution in [1.29, 1.82) is 0 Å². The van der Waals surface area contributed by atoms with Gasteiger partial charge in [-0.1, -0.05) is 11.1 Å². The molecular formula is C18H26O6P+. The van der Waals surface area contributed by atoms with Gasteiger partial charge in [0.15, 0.2) is 5.75 Å². The highest BCUT2D eigenvalue weighted by Crippen LogP contribution is 2.47. The SMILES string of the molecule is C=C(C)C(=O)[P+](=O)c1cc(OCC)c(OCC)c(OCC)c1OCC. The molecule has 1 rings (SSSR count). The summed E-state index contributed by atoms with van der Waals surface area (Å²) in [5.74, 6) is 1.28. The molecule has 0 amide bonds. The van der Waals surface area contributed by atoms with Crippen molar-refractivity contribution in [3.63, 3.8) is 0 Å². The minimum atomic E-state index is -2.41. The van der Waals surface area contributed by atoms with Gasteiger partial charge in [0, 0.05) is 11.6 Å². The predicted molar refractivity (Wildman–Crippen MR) is 98.2 cm³/mol. The smallest absolute Gasteiger partial charge is 0.462 e. The van der Waals surface area contributed by atoms with E-state index in [1.165, 1.54) is 13.0 Å². The van der Waals surface area contributed by atoms with Gasteiger partial charge in [0.25, 0.3) is 0 Å². The van der Waals surface area contributed by atoms with Crippen molar-refractivity contribution >= 4 is 18.6 Å². The third-order valence-electron chi connectivity index (χ3n) is 3.07. The highest BCUT2D eigenvalue weighted by molar-refractivity contribution is 7.71. The molecule has 1 aromatic rings. The van der Waals surface area contributed by atoms with Crippen LogP contribution in [0, 0.1) is 0 Å². The molecule has 1 unspecified atom stereocenters. The van der Waals surface area contributed by atoms with Crippen LogP contribution in [-0.2, 0) is 9.36 Å². The van der Waals surface area contributed by atoms with Crippen LogP contribution >= 0.6 is 7.80 Å². The van der Waals surface area contributed by atoms with Gasteiger partial charge in [-0.2, -0.15) is 0 Å². The number of carbonyl (C=O) groups is 1. The van der Waals surface area contributed by atoms with Crippen LogP contribution in [0.4, 0.5) is 0 Å². The molecule has 1 aromatic carbocycles. The summed E-state index contributed by atoms with van der Waals surface area (Å²) in [6, 6.07) is 1.53. The number of carbonyl (C=O) groups excluding carboxylic acids is 1. The van der Waals surface area contributed by atoms with Crippen molar-refractivity contribution in [2.75, 3.05) is 26.4 Å². The van der Waals surface area contributed by atoms with E-state index in [1.807, 2.05) is 20.8 Å². The fourth-order valence-electron chi connectivity index (χ4n) is 2.12. The van der Waals surface area contributed by atoms with Crippen LogP contribution in [0.3, 0.4) is 0 Å². The van der Waals surface area contributed by atoms with E-state index in [9.17, 15) is 9.36 Å². The van der Waals surface area contributed by atoms with E-state index >= 15 is 0 Å². The highest BCUT2D eigenvalue weighted by atomic mass is 31.1. The molecule has 0 aliphatic carbocycles. The molecule has 0 bridgehead atoms. The Bertz CT molecular complexity index is 653. The second kappa shape index (κ2) is 10.0. The Hall–Kier alpha value is -2.07. The standard InChI is InChI=1S/C18H26O6P/c1-7-21-13-11-14(25(20)18(19)12(5)6)16(23-9-3)17(24-10-4)15(13)22-8-2/h11H,5,7-10H2,1-4,6H3/q+1. The zero-order valence-electron chi connectivity index (χ0n) is 15.5. The summed E-state index contributed by atoms with van der Waals surface area (Å²) in [6.07, 6.45) is 0. The largest absolute Gasteiger partial charge is 0.490 e. The lowest BCUT2D eigenvalue weighted by Crippen LogP contribution is -2.14. The molecule has 0 saturated heterocycles. The Morgan fingerprint density at radius 2 is 1.40 bits per heavy atom. The summed E-state index contributed by atoms with van der Waals surface area (Å²) in [5.41, 5.74) is -0.321. The first-order valence-electron chi connectivity index (χ1n) is 8.31. The van der Waals surface area contributed by atoms with E-state index in [-0.39, 0.29) is 16.6 Å². The number of ether oxygens (including phenoxy) is 4. The van der Waals surface area contributed by atoms with Crippen molar-refractivity contribution < 1.29 is 28.3 Å². The molecule has 25 heavy (non-hydrogen) atoms. The molecule has 0 spiro atoms. The number of benzene rings is 1. The van der Waals surface area contributed by atoms with Crippen molar-refractivity contribution in [3.05, 3.63) is 18.2 Å². The van der Waals surface area contributed by atoms with E-state index in [2.05, 4.69) is 6.58 Å². The number of rotatable bonds is 11. The van der Waals surface area contributed by atoms with Crippen molar-refractivity contribution in [3.8, 4) is 23.0 Å². The summed E-state index contributed by atoms with van der Waals surface area (Å²) in [4.78, 5) is 12.2. The monoisotopic (exact) mass is 369 g/mol. The third kappa shape index (κ3) is 4.95. The molecule has 0 fully saturated rings. The quantitative estimate of drug-likeness (QED) is 0.436. The van der Waals surface area contributed by atoms with Crippen LogP contribution in [0.25, 0.3) is 0 Å². The van der Waals surface area contributed by atoms with Crippen molar-refractivity contribution in [2.24, 2.45) is 0 Å². The molecule has 1 atom stereocenters. The van der Waals surface area contributed by atoms with E-state index in [4.69, 9.17) is 18.9 Å². The average Bonchev–Trinajstić information content (AvgIpc) is 2.58. The minimum Gasteiger partial charge on any atom is -0.490 e. The topological polar surface area (TPSA) is 71.1 Å². The van der Waals surface area contributed by atoms with Crippen LogP contribution < -0.4 is 24.3 Å². The van der Waals surface area contributed by atoms with Gasteiger partial charge in [-0.3, -0.25) is 0 Å². The van der Waals surface area contributed by atoms with Gasteiger partial charge >= 0.3 is 13.3 Å². The van der Waals surface area contributed by atoms with E-state index in [0.29, 0.717) is 43.7 Å². The number of allylic oxidation sites excluding steroid dienone is 1. The Morgan fingerprint density at radius 3 is 1.88 bits per heavy atom.